The van der Waals surface area contributed by atoms with Crippen LogP contribution in [0.5, 0.6) is 0 Å². The SMILES string of the molecule is CCc1nnc(NS(=O)(=O)C(C)CNC(C)C)nc1CC. The average molecular weight is 315 g/mol. The van der Waals surface area contributed by atoms with Gasteiger partial charge >= 0.3 is 0 Å². The Morgan fingerprint density at radius 3 is 2.19 bits per heavy atom. The molecule has 1 heterocycles. The summed E-state index contributed by atoms with van der Waals surface area (Å²) in [5, 5.41) is 10.4. The highest BCUT2D eigenvalue weighted by Gasteiger charge is 2.22. The maximum absolute atomic E-state index is 12.2. The zero-order chi connectivity index (χ0) is 16.0. The summed E-state index contributed by atoms with van der Waals surface area (Å²) in [4.78, 5) is 4.24. The molecule has 7 nitrogen and oxygen atoms in total. The number of hydrogen-bond donors (Lipinski definition) is 2. The third-order valence-corrected chi connectivity index (χ3v) is 4.78. The number of hydrogen-bond acceptors (Lipinski definition) is 6. The first-order valence-electron chi connectivity index (χ1n) is 7.27. The number of nitrogens with zero attached hydrogens (tertiary/aromatic N) is 3. The van der Waals surface area contributed by atoms with Crippen LogP contribution in [-0.4, -0.2) is 41.4 Å². The number of aromatic nitrogens is 3. The van der Waals surface area contributed by atoms with Crippen molar-refractivity contribution in [3.63, 3.8) is 0 Å². The topological polar surface area (TPSA) is 96.9 Å². The summed E-state index contributed by atoms with van der Waals surface area (Å²) < 4.78 is 26.8. The molecule has 0 aliphatic rings. The maximum Gasteiger partial charge on any atom is 0.256 e. The van der Waals surface area contributed by atoms with E-state index >= 15 is 0 Å². The van der Waals surface area contributed by atoms with Crippen LogP contribution in [0.3, 0.4) is 0 Å². The second-order valence-corrected chi connectivity index (χ2v) is 7.36. The third kappa shape index (κ3) is 5.20. The van der Waals surface area contributed by atoms with Gasteiger partial charge in [0.15, 0.2) is 0 Å². The first-order chi connectivity index (χ1) is 9.80. The van der Waals surface area contributed by atoms with E-state index in [1.807, 2.05) is 27.7 Å². The highest BCUT2D eigenvalue weighted by molar-refractivity contribution is 7.93. The summed E-state index contributed by atoms with van der Waals surface area (Å²) in [5.41, 5.74) is 1.58. The standard InChI is InChI=1S/C13H25N5O2S/c1-6-11-12(7-2)16-17-13(15-11)18-21(19,20)10(5)8-14-9(3)4/h9-10,14H,6-8H2,1-5H3,(H,15,17,18). The highest BCUT2D eigenvalue weighted by atomic mass is 32.2. The molecule has 0 aromatic carbocycles. The van der Waals surface area contributed by atoms with Crippen molar-refractivity contribution < 1.29 is 8.42 Å². The van der Waals surface area contributed by atoms with Gasteiger partial charge in [-0.1, -0.05) is 27.7 Å². The van der Waals surface area contributed by atoms with Crippen LogP contribution < -0.4 is 10.0 Å². The lowest BCUT2D eigenvalue weighted by Gasteiger charge is -2.16. The molecule has 0 aliphatic heterocycles. The van der Waals surface area contributed by atoms with Crippen LogP contribution in [-0.2, 0) is 22.9 Å². The molecule has 1 unspecified atom stereocenters. The van der Waals surface area contributed by atoms with E-state index in [9.17, 15) is 8.42 Å². The minimum Gasteiger partial charge on any atom is -0.313 e. The van der Waals surface area contributed by atoms with Crippen molar-refractivity contribution >= 4 is 16.0 Å². The molecule has 1 aromatic rings. The fourth-order valence-electron chi connectivity index (χ4n) is 1.72. The summed E-state index contributed by atoms with van der Waals surface area (Å²) in [5.74, 6) is 0.0421. The van der Waals surface area contributed by atoms with Crippen molar-refractivity contribution in [2.24, 2.45) is 0 Å². The van der Waals surface area contributed by atoms with Crippen LogP contribution in [0.4, 0.5) is 5.95 Å². The van der Waals surface area contributed by atoms with Crippen LogP contribution in [0.1, 0.15) is 46.0 Å². The molecule has 21 heavy (non-hydrogen) atoms. The van der Waals surface area contributed by atoms with E-state index in [0.29, 0.717) is 13.0 Å². The Kier molecular flexibility index (Phi) is 6.47. The molecule has 8 heteroatoms. The number of sulfonamides is 1. The molecule has 2 N–H and O–H groups in total. The molecule has 120 valence electrons. The van der Waals surface area contributed by atoms with E-state index in [0.717, 1.165) is 17.8 Å². The normalized spacial score (nSPS) is 13.4. The lowest BCUT2D eigenvalue weighted by molar-refractivity contribution is 0.553. The van der Waals surface area contributed by atoms with Crippen molar-refractivity contribution in [3.05, 3.63) is 11.4 Å². The van der Waals surface area contributed by atoms with Gasteiger partial charge in [0.2, 0.25) is 10.0 Å². The number of aryl methyl sites for hydroxylation is 2. The Morgan fingerprint density at radius 2 is 1.67 bits per heavy atom. The van der Waals surface area contributed by atoms with E-state index in [-0.39, 0.29) is 12.0 Å². The van der Waals surface area contributed by atoms with E-state index < -0.39 is 15.3 Å². The molecule has 0 amide bonds. The van der Waals surface area contributed by atoms with Gasteiger partial charge in [0.1, 0.15) is 0 Å². The lowest BCUT2D eigenvalue weighted by atomic mass is 10.2. The zero-order valence-electron chi connectivity index (χ0n) is 13.3. The van der Waals surface area contributed by atoms with Gasteiger partial charge in [0.25, 0.3) is 5.95 Å². The Bertz CT molecular complexity index is 560. The minimum atomic E-state index is -3.53. The van der Waals surface area contributed by atoms with Crippen LogP contribution in [0, 0.1) is 0 Å². The van der Waals surface area contributed by atoms with Crippen LogP contribution in [0.2, 0.25) is 0 Å². The van der Waals surface area contributed by atoms with E-state index in [1.54, 1.807) is 6.92 Å². The Morgan fingerprint density at radius 1 is 1.05 bits per heavy atom. The fourth-order valence-corrected chi connectivity index (χ4v) is 2.58. The smallest absolute Gasteiger partial charge is 0.256 e. The second kappa shape index (κ2) is 7.65. The van der Waals surface area contributed by atoms with Gasteiger partial charge in [0, 0.05) is 12.6 Å². The largest absolute Gasteiger partial charge is 0.313 e. The van der Waals surface area contributed by atoms with E-state index in [1.165, 1.54) is 0 Å². The van der Waals surface area contributed by atoms with Gasteiger partial charge in [-0.25, -0.2) is 18.1 Å². The summed E-state index contributed by atoms with van der Waals surface area (Å²) in [6.45, 7) is 9.87. The molecule has 0 fully saturated rings. The first-order valence-corrected chi connectivity index (χ1v) is 8.82. The Labute approximate surface area is 127 Å². The Balaban J connectivity index is 2.84. The molecule has 1 rings (SSSR count). The third-order valence-electron chi connectivity index (χ3n) is 3.09. The van der Waals surface area contributed by atoms with Crippen molar-refractivity contribution in [2.45, 2.75) is 58.8 Å². The monoisotopic (exact) mass is 315 g/mol. The van der Waals surface area contributed by atoms with Crippen LogP contribution in [0.25, 0.3) is 0 Å². The summed E-state index contributed by atoms with van der Waals surface area (Å²) in [6.07, 6.45) is 1.42. The molecule has 0 aliphatic carbocycles. The molecular weight excluding hydrogens is 290 g/mol. The van der Waals surface area contributed by atoms with Gasteiger partial charge in [-0.3, -0.25) is 0 Å². The van der Waals surface area contributed by atoms with E-state index in [2.05, 4.69) is 25.2 Å². The van der Waals surface area contributed by atoms with Crippen LogP contribution in [0.15, 0.2) is 0 Å². The molecule has 0 bridgehead atoms. The highest BCUT2D eigenvalue weighted by Crippen LogP contribution is 2.10. The molecule has 0 saturated carbocycles. The van der Waals surface area contributed by atoms with Gasteiger partial charge in [0.05, 0.1) is 16.6 Å². The molecule has 1 atom stereocenters. The number of nitrogens with one attached hydrogen (secondary N) is 2. The van der Waals surface area contributed by atoms with Crippen molar-refractivity contribution in [1.82, 2.24) is 20.5 Å². The lowest BCUT2D eigenvalue weighted by Crippen LogP contribution is -2.37. The van der Waals surface area contributed by atoms with Gasteiger partial charge in [-0.05, 0) is 19.8 Å². The predicted molar refractivity (Wildman–Crippen MR) is 83.7 cm³/mol. The first kappa shape index (κ1) is 17.8. The number of rotatable bonds is 8. The predicted octanol–water partition coefficient (Wildman–Crippen LogP) is 1.12. The zero-order valence-corrected chi connectivity index (χ0v) is 14.2. The van der Waals surface area contributed by atoms with Crippen LogP contribution >= 0.6 is 0 Å². The molecule has 0 spiro atoms. The minimum absolute atomic E-state index is 0.0421. The summed E-state index contributed by atoms with van der Waals surface area (Å²) in [6, 6.07) is 0.232. The fraction of sp³-hybridized carbons (Fsp3) is 0.769. The van der Waals surface area contributed by atoms with Crippen molar-refractivity contribution in [3.8, 4) is 0 Å². The van der Waals surface area contributed by atoms with Crippen molar-refractivity contribution in [2.75, 3.05) is 11.3 Å². The quantitative estimate of drug-likeness (QED) is 0.746. The summed E-state index contributed by atoms with van der Waals surface area (Å²) in [7, 11) is -3.53. The van der Waals surface area contributed by atoms with Gasteiger partial charge in [-0.15, -0.1) is 10.2 Å². The van der Waals surface area contributed by atoms with Gasteiger partial charge < -0.3 is 5.32 Å². The average Bonchev–Trinajstić information content (AvgIpc) is 2.43. The molecule has 0 radical (unpaired) electrons. The Hall–Kier alpha value is -1.28. The summed E-state index contributed by atoms with van der Waals surface area (Å²) >= 11 is 0. The van der Waals surface area contributed by atoms with Gasteiger partial charge in [-0.2, -0.15) is 0 Å². The van der Waals surface area contributed by atoms with Crippen molar-refractivity contribution in [1.29, 1.82) is 0 Å². The molecular formula is C13H25N5O2S. The van der Waals surface area contributed by atoms with E-state index in [4.69, 9.17) is 0 Å². The molecule has 1 aromatic heterocycles. The maximum atomic E-state index is 12.2. The molecule has 0 saturated heterocycles. The second-order valence-electron chi connectivity index (χ2n) is 5.26. The number of anilines is 1.